The van der Waals surface area contributed by atoms with Gasteiger partial charge >= 0.3 is 0 Å². The number of anilines is 1. The molecule has 5 heteroatoms. The Labute approximate surface area is 154 Å². The van der Waals surface area contributed by atoms with Gasteiger partial charge in [0.1, 0.15) is 0 Å². The summed E-state index contributed by atoms with van der Waals surface area (Å²) >= 11 is 3.50. The zero-order valence-electron chi connectivity index (χ0n) is 13.5. The lowest BCUT2D eigenvalue weighted by Gasteiger charge is -2.28. The molecule has 4 rings (SSSR count). The van der Waals surface area contributed by atoms with Crippen LogP contribution < -0.4 is 4.90 Å². The molecule has 4 nitrogen and oxygen atoms in total. The maximum atomic E-state index is 12.7. The average molecular weight is 394 g/mol. The zero-order chi connectivity index (χ0) is 17.2. The molecule has 124 valence electrons. The first-order chi connectivity index (χ1) is 12.2. The largest absolute Gasteiger partial charge is 0.309 e. The number of para-hydroxylation sites is 2. The van der Waals surface area contributed by atoms with Gasteiger partial charge in [0.15, 0.2) is 0 Å². The molecule has 0 unspecified atom stereocenters. The van der Waals surface area contributed by atoms with Gasteiger partial charge in [-0.05, 0) is 54.8 Å². The fourth-order valence-corrected chi connectivity index (χ4v) is 3.50. The summed E-state index contributed by atoms with van der Waals surface area (Å²) in [6.45, 7) is 0.737. The highest BCUT2D eigenvalue weighted by molar-refractivity contribution is 9.10. The van der Waals surface area contributed by atoms with E-state index in [1.807, 2.05) is 41.3 Å². The number of hydrogen-bond donors (Lipinski definition) is 0. The lowest BCUT2D eigenvalue weighted by molar-refractivity contribution is -0.114. The van der Waals surface area contributed by atoms with Gasteiger partial charge in [0, 0.05) is 22.8 Å². The van der Waals surface area contributed by atoms with Gasteiger partial charge in [0.25, 0.3) is 5.91 Å². The van der Waals surface area contributed by atoms with Crippen LogP contribution in [0.25, 0.3) is 17.1 Å². The molecular weight excluding hydrogens is 378 g/mol. The van der Waals surface area contributed by atoms with Crippen molar-refractivity contribution >= 4 is 44.6 Å². The summed E-state index contributed by atoms with van der Waals surface area (Å²) in [4.78, 5) is 23.4. The number of aromatic nitrogens is 2. The number of amides is 1. The van der Waals surface area contributed by atoms with Crippen LogP contribution in [-0.4, -0.2) is 22.4 Å². The van der Waals surface area contributed by atoms with E-state index in [9.17, 15) is 4.79 Å². The number of hydrogen-bond acceptors (Lipinski definition) is 3. The number of nitrogens with zero attached hydrogens (tertiary/aromatic N) is 3. The molecule has 25 heavy (non-hydrogen) atoms. The van der Waals surface area contributed by atoms with E-state index in [-0.39, 0.29) is 5.91 Å². The maximum Gasteiger partial charge on any atom is 0.251 e. The van der Waals surface area contributed by atoms with Crippen LogP contribution in [0.2, 0.25) is 0 Å². The Kier molecular flexibility index (Phi) is 4.32. The van der Waals surface area contributed by atoms with Crippen LogP contribution in [-0.2, 0) is 11.2 Å². The molecule has 0 fully saturated rings. The molecule has 0 spiro atoms. The van der Waals surface area contributed by atoms with Gasteiger partial charge in [-0.25, -0.2) is 4.98 Å². The van der Waals surface area contributed by atoms with Crippen LogP contribution in [0, 0.1) is 0 Å². The molecule has 2 aromatic carbocycles. The summed E-state index contributed by atoms with van der Waals surface area (Å²) in [5, 5.41) is 0. The topological polar surface area (TPSA) is 46.1 Å². The molecule has 1 aliphatic rings. The molecule has 0 radical (unpaired) electrons. The lowest BCUT2D eigenvalue weighted by Crippen LogP contribution is -2.34. The second kappa shape index (κ2) is 6.76. The van der Waals surface area contributed by atoms with Crippen LogP contribution in [0.4, 0.5) is 5.69 Å². The van der Waals surface area contributed by atoms with E-state index in [0.717, 1.165) is 40.6 Å². The van der Waals surface area contributed by atoms with Crippen LogP contribution in [0.5, 0.6) is 0 Å². The number of carbonyl (C=O) groups excluding carboxylic acids is 1. The van der Waals surface area contributed by atoms with Crippen molar-refractivity contribution in [3.05, 3.63) is 70.5 Å². The van der Waals surface area contributed by atoms with Gasteiger partial charge in [0.2, 0.25) is 0 Å². The SMILES string of the molecule is O=C(C=Cc1cnc2ccccc2n1)N1CCCc2cc(Br)ccc21. The van der Waals surface area contributed by atoms with Crippen LogP contribution in [0.15, 0.2) is 59.2 Å². The van der Waals surface area contributed by atoms with Gasteiger partial charge in [-0.15, -0.1) is 0 Å². The summed E-state index contributed by atoms with van der Waals surface area (Å²) in [6, 6.07) is 13.8. The van der Waals surface area contributed by atoms with E-state index in [2.05, 4.69) is 32.0 Å². The fourth-order valence-electron chi connectivity index (χ4n) is 3.09. The first-order valence-corrected chi connectivity index (χ1v) is 9.00. The van der Waals surface area contributed by atoms with E-state index in [4.69, 9.17) is 0 Å². The number of benzene rings is 2. The third kappa shape index (κ3) is 3.33. The standard InChI is InChI=1S/C20H16BrN3O/c21-15-7-9-19-14(12-15)4-3-11-24(19)20(25)10-8-16-13-22-17-5-1-2-6-18(17)23-16/h1-2,5-10,12-13H,3-4,11H2. The summed E-state index contributed by atoms with van der Waals surface area (Å²) in [5.74, 6) is -0.0294. The molecule has 3 aromatic rings. The number of carbonyl (C=O) groups is 1. The van der Waals surface area contributed by atoms with Crippen molar-refractivity contribution in [3.8, 4) is 0 Å². The number of fused-ring (bicyclic) bond motifs is 2. The average Bonchev–Trinajstić information content (AvgIpc) is 2.65. The van der Waals surface area contributed by atoms with Crippen molar-refractivity contribution in [2.75, 3.05) is 11.4 Å². The maximum absolute atomic E-state index is 12.7. The Hall–Kier alpha value is -2.53. The second-order valence-corrected chi connectivity index (χ2v) is 6.90. The highest BCUT2D eigenvalue weighted by Crippen LogP contribution is 2.30. The number of halogens is 1. The minimum Gasteiger partial charge on any atom is -0.309 e. The van der Waals surface area contributed by atoms with E-state index in [1.165, 1.54) is 5.56 Å². The van der Waals surface area contributed by atoms with Gasteiger partial charge in [-0.2, -0.15) is 0 Å². The molecule has 1 amide bonds. The smallest absolute Gasteiger partial charge is 0.251 e. The molecule has 0 atom stereocenters. The normalized spacial score (nSPS) is 14.0. The summed E-state index contributed by atoms with van der Waals surface area (Å²) in [5.41, 5.74) is 4.55. The van der Waals surface area contributed by atoms with E-state index in [0.29, 0.717) is 5.69 Å². The molecule has 0 aliphatic carbocycles. The lowest BCUT2D eigenvalue weighted by atomic mass is 10.0. The van der Waals surface area contributed by atoms with Crippen molar-refractivity contribution in [3.63, 3.8) is 0 Å². The Balaban J connectivity index is 1.58. The first kappa shape index (κ1) is 16.0. The van der Waals surface area contributed by atoms with Crippen molar-refractivity contribution in [1.82, 2.24) is 9.97 Å². The minimum absolute atomic E-state index is 0.0294. The number of rotatable bonds is 2. The monoisotopic (exact) mass is 393 g/mol. The minimum atomic E-state index is -0.0294. The van der Waals surface area contributed by atoms with Gasteiger partial charge < -0.3 is 4.90 Å². The van der Waals surface area contributed by atoms with E-state index in [1.54, 1.807) is 18.3 Å². The molecule has 2 heterocycles. The summed E-state index contributed by atoms with van der Waals surface area (Å²) in [7, 11) is 0. The Bertz CT molecular complexity index is 984. The highest BCUT2D eigenvalue weighted by atomic mass is 79.9. The van der Waals surface area contributed by atoms with Crippen molar-refractivity contribution in [2.45, 2.75) is 12.8 Å². The Morgan fingerprint density at radius 2 is 2.00 bits per heavy atom. The van der Waals surface area contributed by atoms with Crippen LogP contribution in [0.1, 0.15) is 17.7 Å². The van der Waals surface area contributed by atoms with Gasteiger partial charge in [-0.3, -0.25) is 9.78 Å². The molecule has 0 saturated carbocycles. The predicted molar refractivity (Wildman–Crippen MR) is 103 cm³/mol. The van der Waals surface area contributed by atoms with Crippen molar-refractivity contribution < 1.29 is 4.79 Å². The van der Waals surface area contributed by atoms with Gasteiger partial charge in [0.05, 0.1) is 22.9 Å². The first-order valence-electron chi connectivity index (χ1n) is 8.20. The molecule has 1 aliphatic heterocycles. The van der Waals surface area contributed by atoms with Crippen LogP contribution in [0.3, 0.4) is 0 Å². The third-order valence-electron chi connectivity index (χ3n) is 4.29. The fraction of sp³-hybridized carbons (Fsp3) is 0.150. The molecule has 1 aromatic heterocycles. The Morgan fingerprint density at radius 1 is 1.16 bits per heavy atom. The second-order valence-electron chi connectivity index (χ2n) is 5.98. The molecular formula is C20H16BrN3O. The highest BCUT2D eigenvalue weighted by Gasteiger charge is 2.20. The van der Waals surface area contributed by atoms with Crippen molar-refractivity contribution in [2.24, 2.45) is 0 Å². The molecule has 0 saturated heterocycles. The van der Waals surface area contributed by atoms with Gasteiger partial charge in [-0.1, -0.05) is 28.1 Å². The Morgan fingerprint density at radius 3 is 2.88 bits per heavy atom. The van der Waals surface area contributed by atoms with Crippen molar-refractivity contribution in [1.29, 1.82) is 0 Å². The van der Waals surface area contributed by atoms with E-state index < -0.39 is 0 Å². The summed E-state index contributed by atoms with van der Waals surface area (Å²) < 4.78 is 1.04. The third-order valence-corrected chi connectivity index (χ3v) is 4.78. The van der Waals surface area contributed by atoms with E-state index >= 15 is 0 Å². The zero-order valence-corrected chi connectivity index (χ0v) is 15.1. The number of aryl methyl sites for hydroxylation is 1. The van der Waals surface area contributed by atoms with Crippen LogP contribution >= 0.6 is 15.9 Å². The molecule has 0 bridgehead atoms. The summed E-state index contributed by atoms with van der Waals surface area (Å²) in [6.07, 6.45) is 6.97. The quantitative estimate of drug-likeness (QED) is 0.606. The molecule has 0 N–H and O–H groups in total. The predicted octanol–water partition coefficient (Wildman–Crippen LogP) is 4.38.